The molecule has 5 heterocycles. The first-order valence-corrected chi connectivity index (χ1v) is 12.0. The highest BCUT2D eigenvalue weighted by Crippen LogP contribution is 2.34. The van der Waals surface area contributed by atoms with Gasteiger partial charge in [0.1, 0.15) is 0 Å². The summed E-state index contributed by atoms with van der Waals surface area (Å²) in [6, 6.07) is 4.46. The molecule has 3 aromatic rings. The van der Waals surface area contributed by atoms with E-state index < -0.39 is 0 Å². The number of hydrogen-bond acceptors (Lipinski definition) is 5. The van der Waals surface area contributed by atoms with Crippen molar-refractivity contribution in [2.45, 2.75) is 59.2 Å². The summed E-state index contributed by atoms with van der Waals surface area (Å²) in [6.07, 6.45) is 2.78. The van der Waals surface area contributed by atoms with Crippen LogP contribution in [0.15, 0.2) is 22.3 Å². The molecule has 0 aromatic carbocycles. The number of rotatable bonds is 4. The second-order valence-corrected chi connectivity index (χ2v) is 10.1. The molecule has 5 rings (SSSR count). The molecule has 0 aliphatic carbocycles. The van der Waals surface area contributed by atoms with Crippen LogP contribution in [0.2, 0.25) is 0 Å². The fourth-order valence-electron chi connectivity index (χ4n) is 4.85. The number of thiophene rings is 1. The molecule has 1 atom stereocenters. The van der Waals surface area contributed by atoms with E-state index in [1.807, 2.05) is 36.2 Å². The Morgan fingerprint density at radius 3 is 2.94 bits per heavy atom. The van der Waals surface area contributed by atoms with Gasteiger partial charge in [0.2, 0.25) is 5.91 Å². The smallest absolute Gasteiger partial charge is 0.276 e. The molecule has 1 amide bonds. The molecule has 164 valence electrons. The maximum atomic E-state index is 13.2. The highest BCUT2D eigenvalue weighted by Gasteiger charge is 2.30. The van der Waals surface area contributed by atoms with Crippen LogP contribution in [0, 0.1) is 12.8 Å². The summed E-state index contributed by atoms with van der Waals surface area (Å²) in [5.41, 5.74) is 4.50. The van der Waals surface area contributed by atoms with E-state index in [4.69, 9.17) is 4.98 Å². The second-order valence-electron chi connectivity index (χ2n) is 9.07. The van der Waals surface area contributed by atoms with E-state index in [1.54, 1.807) is 4.52 Å². The Morgan fingerprint density at radius 1 is 1.35 bits per heavy atom. The van der Waals surface area contributed by atoms with E-state index in [-0.39, 0.29) is 23.4 Å². The van der Waals surface area contributed by atoms with Crippen LogP contribution >= 0.6 is 11.3 Å². The van der Waals surface area contributed by atoms with Gasteiger partial charge in [-0.1, -0.05) is 13.8 Å². The molecule has 7 nitrogen and oxygen atoms in total. The first-order chi connectivity index (χ1) is 14.9. The Kier molecular flexibility index (Phi) is 5.22. The van der Waals surface area contributed by atoms with Crippen molar-refractivity contribution in [2.75, 3.05) is 13.1 Å². The lowest BCUT2D eigenvalue weighted by atomic mass is 10.0. The van der Waals surface area contributed by atoms with E-state index in [0.717, 1.165) is 42.9 Å². The van der Waals surface area contributed by atoms with Gasteiger partial charge in [0.25, 0.3) is 5.56 Å². The number of aromatic nitrogens is 3. The number of nitrogens with zero attached hydrogens (tertiary/aromatic N) is 4. The summed E-state index contributed by atoms with van der Waals surface area (Å²) in [4.78, 5) is 36.1. The van der Waals surface area contributed by atoms with Crippen LogP contribution in [0.5, 0.6) is 0 Å². The number of likely N-dealkylation sites (tertiary alicyclic amines) is 1. The lowest BCUT2D eigenvalue weighted by Gasteiger charge is -2.29. The molecule has 0 saturated carbocycles. The second kappa shape index (κ2) is 7.91. The topological polar surface area (TPSA) is 73.7 Å². The van der Waals surface area contributed by atoms with Crippen molar-refractivity contribution in [2.24, 2.45) is 5.92 Å². The number of hydrogen-bond donors (Lipinski definition) is 1. The van der Waals surface area contributed by atoms with Gasteiger partial charge in [-0.25, -0.2) is 9.50 Å². The normalized spacial score (nSPS) is 19.5. The molecule has 31 heavy (non-hydrogen) atoms. The molecular formula is C23H29N5O2S. The van der Waals surface area contributed by atoms with Crippen LogP contribution in [0.3, 0.4) is 0 Å². The highest BCUT2D eigenvalue weighted by atomic mass is 32.1. The zero-order valence-electron chi connectivity index (χ0n) is 18.4. The number of carbonyl (C=O) groups excluding carboxylic acids is 1. The fourth-order valence-corrected chi connectivity index (χ4v) is 5.78. The number of aryl methyl sites for hydroxylation is 1. The Morgan fingerprint density at radius 2 is 2.19 bits per heavy atom. The van der Waals surface area contributed by atoms with Gasteiger partial charge in [0.15, 0.2) is 5.65 Å². The average Bonchev–Trinajstić information content (AvgIpc) is 3.48. The minimum absolute atomic E-state index is 0.0263. The van der Waals surface area contributed by atoms with Gasteiger partial charge in [0.05, 0.1) is 24.0 Å². The number of fused-ring (bicyclic) bond motifs is 2. The lowest BCUT2D eigenvalue weighted by Crippen LogP contribution is -2.41. The van der Waals surface area contributed by atoms with Crippen molar-refractivity contribution in [1.82, 2.24) is 24.4 Å². The minimum atomic E-state index is -0.0504. The van der Waals surface area contributed by atoms with Crippen molar-refractivity contribution in [3.8, 4) is 0 Å². The van der Waals surface area contributed by atoms with Crippen molar-refractivity contribution in [3.05, 3.63) is 55.3 Å². The molecule has 0 spiro atoms. The molecule has 0 bridgehead atoms. The van der Waals surface area contributed by atoms with Crippen molar-refractivity contribution < 1.29 is 4.79 Å². The third-order valence-corrected chi connectivity index (χ3v) is 7.64. The molecule has 3 aromatic heterocycles. The summed E-state index contributed by atoms with van der Waals surface area (Å²) >= 11 is 1.81. The third-order valence-electron chi connectivity index (χ3n) is 6.63. The SMILES string of the molecule is Cc1ccsc1CN1CCC[C@H]1c1cc2nc3c(c(=O)n2[nH]1)CCN(C(=O)C(C)C)C3. The van der Waals surface area contributed by atoms with E-state index in [2.05, 4.69) is 28.4 Å². The lowest BCUT2D eigenvalue weighted by molar-refractivity contribution is -0.135. The molecule has 0 unspecified atom stereocenters. The van der Waals surface area contributed by atoms with Gasteiger partial charge < -0.3 is 4.90 Å². The monoisotopic (exact) mass is 439 g/mol. The van der Waals surface area contributed by atoms with Crippen molar-refractivity contribution in [1.29, 1.82) is 0 Å². The number of carbonyl (C=O) groups is 1. The summed E-state index contributed by atoms with van der Waals surface area (Å²) < 4.78 is 1.60. The van der Waals surface area contributed by atoms with Crippen LogP contribution in [-0.4, -0.2) is 43.4 Å². The molecule has 0 radical (unpaired) electrons. The third kappa shape index (κ3) is 3.61. The predicted octanol–water partition coefficient (Wildman–Crippen LogP) is 3.27. The summed E-state index contributed by atoms with van der Waals surface area (Å²) in [7, 11) is 0. The van der Waals surface area contributed by atoms with Gasteiger partial charge in [-0.2, -0.15) is 0 Å². The molecule has 2 aliphatic rings. The number of H-pyrrole nitrogens is 1. The highest BCUT2D eigenvalue weighted by molar-refractivity contribution is 7.10. The molecule has 8 heteroatoms. The summed E-state index contributed by atoms with van der Waals surface area (Å²) in [5, 5.41) is 5.51. The zero-order chi connectivity index (χ0) is 21.7. The van der Waals surface area contributed by atoms with E-state index >= 15 is 0 Å². The summed E-state index contributed by atoms with van der Waals surface area (Å²) in [6.45, 7) is 8.99. The Hall–Kier alpha value is -2.45. The zero-order valence-corrected chi connectivity index (χ0v) is 19.2. The van der Waals surface area contributed by atoms with Crippen LogP contribution in [0.4, 0.5) is 0 Å². The fraction of sp³-hybridized carbons (Fsp3) is 0.522. The Bertz CT molecular complexity index is 1190. The number of nitrogens with one attached hydrogen (secondary N) is 1. The molecule has 1 fully saturated rings. The molecule has 1 saturated heterocycles. The van der Waals surface area contributed by atoms with Gasteiger partial charge in [-0.05, 0) is 49.7 Å². The largest absolute Gasteiger partial charge is 0.336 e. The average molecular weight is 440 g/mol. The number of aromatic amines is 1. The Labute approximate surface area is 185 Å². The number of amides is 1. The van der Waals surface area contributed by atoms with Crippen LogP contribution in [-0.2, 0) is 24.3 Å². The van der Waals surface area contributed by atoms with Gasteiger partial charge in [0, 0.05) is 35.5 Å². The van der Waals surface area contributed by atoms with Gasteiger partial charge in [-0.3, -0.25) is 19.6 Å². The van der Waals surface area contributed by atoms with E-state index in [1.165, 1.54) is 10.4 Å². The van der Waals surface area contributed by atoms with Crippen LogP contribution in [0.1, 0.15) is 60.1 Å². The quantitative estimate of drug-likeness (QED) is 0.677. The van der Waals surface area contributed by atoms with Gasteiger partial charge >= 0.3 is 0 Å². The maximum absolute atomic E-state index is 13.2. The van der Waals surface area contributed by atoms with E-state index in [9.17, 15) is 9.59 Å². The van der Waals surface area contributed by atoms with Crippen LogP contribution in [0.25, 0.3) is 5.65 Å². The summed E-state index contributed by atoms with van der Waals surface area (Å²) in [5.74, 6) is 0.0680. The Balaban J connectivity index is 1.45. The first kappa shape index (κ1) is 20.5. The first-order valence-electron chi connectivity index (χ1n) is 11.1. The molecular weight excluding hydrogens is 410 g/mol. The van der Waals surface area contributed by atoms with Crippen LogP contribution < -0.4 is 5.56 Å². The van der Waals surface area contributed by atoms with Gasteiger partial charge in [-0.15, -0.1) is 11.3 Å². The van der Waals surface area contributed by atoms with Crippen molar-refractivity contribution >= 4 is 22.9 Å². The van der Waals surface area contributed by atoms with Crippen molar-refractivity contribution in [3.63, 3.8) is 0 Å². The minimum Gasteiger partial charge on any atom is -0.336 e. The molecule has 1 N–H and O–H groups in total. The van der Waals surface area contributed by atoms with E-state index in [0.29, 0.717) is 25.2 Å². The molecule has 2 aliphatic heterocycles. The standard InChI is InChI=1S/C23H29N5O2S/c1-14(2)22(29)27-9-6-16-18(12-27)24-21-11-17(25-28(21)23(16)30)19-5-4-8-26(19)13-20-15(3)7-10-31-20/h7,10-11,14,19,25H,4-6,8-9,12-13H2,1-3H3/t19-/m0/s1. The maximum Gasteiger partial charge on any atom is 0.276 e. The predicted molar refractivity (Wildman–Crippen MR) is 121 cm³/mol.